The van der Waals surface area contributed by atoms with E-state index in [1.165, 1.54) is 16.4 Å². The van der Waals surface area contributed by atoms with Crippen LogP contribution < -0.4 is 5.73 Å². The molecule has 0 spiro atoms. The van der Waals surface area contributed by atoms with Gasteiger partial charge >= 0.3 is 0 Å². The average Bonchev–Trinajstić information content (AvgIpc) is 2.46. The molecule has 0 radical (unpaired) electrons. The minimum atomic E-state index is -4.00. The lowest BCUT2D eigenvalue weighted by molar-refractivity contribution is -0.387. The quantitative estimate of drug-likeness (QED) is 0.662. The summed E-state index contributed by atoms with van der Waals surface area (Å²) in [5.74, 6) is 0.257. The van der Waals surface area contributed by atoms with Gasteiger partial charge < -0.3 is 5.73 Å². The summed E-state index contributed by atoms with van der Waals surface area (Å²) in [6.45, 7) is 2.47. The third kappa shape index (κ3) is 3.24. The molecule has 1 unspecified atom stereocenters. The minimum absolute atomic E-state index is 0.000460. The van der Waals surface area contributed by atoms with Crippen LogP contribution in [0.5, 0.6) is 0 Å². The van der Waals surface area contributed by atoms with E-state index in [1.54, 1.807) is 0 Å². The van der Waals surface area contributed by atoms with E-state index in [2.05, 4.69) is 0 Å². The van der Waals surface area contributed by atoms with Crippen LogP contribution in [0, 0.1) is 16.0 Å². The van der Waals surface area contributed by atoms with Crippen molar-refractivity contribution in [3.8, 4) is 0 Å². The van der Waals surface area contributed by atoms with Gasteiger partial charge in [0.15, 0.2) is 4.90 Å². The molecule has 1 saturated heterocycles. The Labute approximate surface area is 134 Å². The highest BCUT2D eigenvalue weighted by molar-refractivity contribution is 7.89. The number of benzene rings is 1. The number of halogens is 1. The molecule has 1 fully saturated rings. The van der Waals surface area contributed by atoms with E-state index in [4.69, 9.17) is 17.3 Å². The molecule has 0 aliphatic carbocycles. The number of piperidine rings is 1. The molecule has 0 bridgehead atoms. The Bertz CT molecular complexity index is 670. The summed E-state index contributed by atoms with van der Waals surface area (Å²) in [5, 5.41) is 11.0. The highest BCUT2D eigenvalue weighted by atomic mass is 35.5. The predicted molar refractivity (Wildman–Crippen MR) is 83.2 cm³/mol. The third-order valence-corrected chi connectivity index (χ3v) is 6.40. The maximum absolute atomic E-state index is 12.7. The number of nitro groups is 1. The van der Waals surface area contributed by atoms with Gasteiger partial charge in [0.05, 0.1) is 9.95 Å². The number of nitro benzene ring substituents is 1. The molecule has 7 nitrogen and oxygen atoms in total. The van der Waals surface area contributed by atoms with Crippen LogP contribution in [0.1, 0.15) is 19.8 Å². The molecule has 22 heavy (non-hydrogen) atoms. The number of hydrogen-bond donors (Lipinski definition) is 1. The lowest BCUT2D eigenvalue weighted by atomic mass is 9.92. The van der Waals surface area contributed by atoms with Crippen LogP contribution in [-0.4, -0.2) is 36.8 Å². The zero-order valence-corrected chi connectivity index (χ0v) is 13.7. The molecule has 1 aliphatic heterocycles. The summed E-state index contributed by atoms with van der Waals surface area (Å²) in [6.07, 6.45) is 1.27. The summed E-state index contributed by atoms with van der Waals surface area (Å²) < 4.78 is 26.7. The molecule has 0 saturated carbocycles. The molecule has 1 aromatic carbocycles. The van der Waals surface area contributed by atoms with Crippen molar-refractivity contribution in [3.05, 3.63) is 33.3 Å². The maximum Gasteiger partial charge on any atom is 0.290 e. The van der Waals surface area contributed by atoms with Crippen LogP contribution in [0.15, 0.2) is 23.1 Å². The summed E-state index contributed by atoms with van der Waals surface area (Å²) >= 11 is 5.93. The summed E-state index contributed by atoms with van der Waals surface area (Å²) in [5.41, 5.74) is 5.34. The van der Waals surface area contributed by atoms with E-state index in [-0.39, 0.29) is 30.1 Å². The van der Waals surface area contributed by atoms with Crippen molar-refractivity contribution in [1.82, 2.24) is 4.31 Å². The van der Waals surface area contributed by atoms with Crippen molar-refractivity contribution in [1.29, 1.82) is 0 Å². The lowest BCUT2D eigenvalue weighted by Crippen LogP contribution is -2.42. The second-order valence-corrected chi connectivity index (χ2v) is 7.73. The van der Waals surface area contributed by atoms with Gasteiger partial charge in [0.25, 0.3) is 15.7 Å². The number of nitrogens with zero attached hydrogens (tertiary/aromatic N) is 2. The van der Waals surface area contributed by atoms with Crippen LogP contribution in [0.25, 0.3) is 0 Å². The highest BCUT2D eigenvalue weighted by Crippen LogP contribution is 2.34. The van der Waals surface area contributed by atoms with E-state index in [9.17, 15) is 18.5 Å². The molecule has 0 amide bonds. The maximum atomic E-state index is 12.7. The number of nitrogens with two attached hydrogens (primary N) is 1. The number of hydrogen-bond acceptors (Lipinski definition) is 5. The van der Waals surface area contributed by atoms with Crippen LogP contribution in [0.3, 0.4) is 0 Å². The smallest absolute Gasteiger partial charge is 0.290 e. The van der Waals surface area contributed by atoms with Crippen molar-refractivity contribution in [2.75, 3.05) is 13.1 Å². The first kappa shape index (κ1) is 17.1. The number of sulfonamides is 1. The Morgan fingerprint density at radius 1 is 1.41 bits per heavy atom. The molecule has 1 aliphatic rings. The van der Waals surface area contributed by atoms with Gasteiger partial charge in [-0.2, -0.15) is 4.31 Å². The zero-order valence-electron chi connectivity index (χ0n) is 12.1. The lowest BCUT2D eigenvalue weighted by Gasteiger charge is -2.32. The van der Waals surface area contributed by atoms with Crippen molar-refractivity contribution >= 4 is 27.3 Å². The van der Waals surface area contributed by atoms with E-state index < -0.39 is 25.5 Å². The normalized spacial score (nSPS) is 19.0. The first-order valence-corrected chi connectivity index (χ1v) is 8.75. The summed E-state index contributed by atoms with van der Waals surface area (Å²) in [4.78, 5) is 9.93. The van der Waals surface area contributed by atoms with Gasteiger partial charge in [-0.05, 0) is 31.7 Å². The van der Waals surface area contributed by atoms with Gasteiger partial charge in [-0.25, -0.2) is 8.42 Å². The van der Waals surface area contributed by atoms with Gasteiger partial charge in [0, 0.05) is 25.2 Å². The van der Waals surface area contributed by atoms with Crippen LogP contribution in [0.4, 0.5) is 5.69 Å². The molecular weight excluding hydrogens is 330 g/mol. The third-order valence-electron chi connectivity index (χ3n) is 3.98. The van der Waals surface area contributed by atoms with Gasteiger partial charge in [-0.1, -0.05) is 17.7 Å². The fraction of sp³-hybridized carbons (Fsp3) is 0.538. The molecule has 2 rings (SSSR count). The monoisotopic (exact) mass is 347 g/mol. The van der Waals surface area contributed by atoms with Crippen LogP contribution in [-0.2, 0) is 10.0 Å². The molecule has 122 valence electrons. The second-order valence-electron chi connectivity index (χ2n) is 5.45. The van der Waals surface area contributed by atoms with E-state index in [0.717, 1.165) is 6.07 Å². The van der Waals surface area contributed by atoms with Gasteiger partial charge in [0.1, 0.15) is 0 Å². The van der Waals surface area contributed by atoms with Gasteiger partial charge in [0.2, 0.25) is 0 Å². The highest BCUT2D eigenvalue weighted by Gasteiger charge is 2.36. The molecule has 1 aromatic rings. The molecule has 9 heteroatoms. The molecule has 1 atom stereocenters. The molecular formula is C13H18ClN3O4S. The minimum Gasteiger partial charge on any atom is -0.328 e. The predicted octanol–water partition coefficient (Wildman–Crippen LogP) is 2.00. The second kappa shape index (κ2) is 6.49. The fourth-order valence-corrected chi connectivity index (χ4v) is 4.80. The van der Waals surface area contributed by atoms with Crippen LogP contribution in [0.2, 0.25) is 5.02 Å². The SMILES string of the molecule is CC(N)C1CCN(S(=O)(=O)c2c(Cl)cccc2[N+](=O)[O-])CC1. The first-order chi connectivity index (χ1) is 10.2. The Kier molecular flexibility index (Phi) is 5.06. The van der Waals surface area contributed by atoms with Gasteiger partial charge in [-0.3, -0.25) is 10.1 Å². The Morgan fingerprint density at radius 2 is 2.00 bits per heavy atom. The van der Waals surface area contributed by atoms with Gasteiger partial charge in [-0.15, -0.1) is 0 Å². The Balaban J connectivity index is 2.35. The van der Waals surface area contributed by atoms with Crippen molar-refractivity contribution in [2.45, 2.75) is 30.7 Å². The molecule has 0 aromatic heterocycles. The average molecular weight is 348 g/mol. The standard InChI is InChI=1S/C13H18ClN3O4S/c1-9(15)10-5-7-16(8-6-10)22(20,21)13-11(14)3-2-4-12(13)17(18)19/h2-4,9-10H,5-8,15H2,1H3. The Morgan fingerprint density at radius 3 is 2.50 bits per heavy atom. The van der Waals surface area contributed by atoms with Crippen molar-refractivity contribution < 1.29 is 13.3 Å². The first-order valence-electron chi connectivity index (χ1n) is 6.93. The van der Waals surface area contributed by atoms with Crippen molar-refractivity contribution in [3.63, 3.8) is 0 Å². The number of rotatable bonds is 4. The van der Waals surface area contributed by atoms with E-state index >= 15 is 0 Å². The topological polar surface area (TPSA) is 107 Å². The van der Waals surface area contributed by atoms with E-state index in [0.29, 0.717) is 12.8 Å². The molecule has 1 heterocycles. The fourth-order valence-electron chi connectivity index (χ4n) is 2.67. The Hall–Kier alpha value is -1.22. The summed E-state index contributed by atoms with van der Waals surface area (Å²) in [6, 6.07) is 3.85. The largest absolute Gasteiger partial charge is 0.328 e. The summed E-state index contributed by atoms with van der Waals surface area (Å²) in [7, 11) is -4.00. The van der Waals surface area contributed by atoms with E-state index in [1.807, 2.05) is 6.92 Å². The molecule has 2 N–H and O–H groups in total. The van der Waals surface area contributed by atoms with Crippen molar-refractivity contribution in [2.24, 2.45) is 11.7 Å². The van der Waals surface area contributed by atoms with Crippen LogP contribution >= 0.6 is 11.6 Å². The zero-order chi connectivity index (χ0) is 16.5.